The fraction of sp³-hybridized carbons (Fsp3) is 0.357. The van der Waals surface area contributed by atoms with Crippen LogP contribution in [0.5, 0.6) is 0 Å². The van der Waals surface area contributed by atoms with Crippen molar-refractivity contribution in [3.05, 3.63) is 39.4 Å². The first-order chi connectivity index (χ1) is 9.99. The number of rotatable bonds is 2. The molecule has 1 atom stereocenters. The van der Waals surface area contributed by atoms with Crippen LogP contribution in [-0.4, -0.2) is 33.3 Å². The molecule has 0 spiro atoms. The van der Waals surface area contributed by atoms with Gasteiger partial charge in [0.1, 0.15) is 5.78 Å². The molecule has 0 saturated heterocycles. The van der Waals surface area contributed by atoms with E-state index in [2.05, 4.69) is 0 Å². The quantitative estimate of drug-likeness (QED) is 0.463. The fourth-order valence-electron chi connectivity index (χ4n) is 2.95. The third kappa shape index (κ3) is 2.10. The van der Waals surface area contributed by atoms with E-state index >= 15 is 0 Å². The van der Waals surface area contributed by atoms with E-state index in [9.17, 15) is 24.5 Å². The number of nitrogens with zero attached hydrogens (tertiary/aromatic N) is 2. The van der Waals surface area contributed by atoms with Crippen molar-refractivity contribution >= 4 is 23.2 Å². The third-order valence-corrected chi connectivity index (χ3v) is 3.98. The van der Waals surface area contributed by atoms with Crippen molar-refractivity contribution in [1.82, 2.24) is 4.90 Å². The Morgan fingerprint density at radius 2 is 2.00 bits per heavy atom. The maximum absolute atomic E-state index is 12.4. The lowest BCUT2D eigenvalue weighted by molar-refractivity contribution is -0.385. The summed E-state index contributed by atoms with van der Waals surface area (Å²) in [4.78, 5) is 47.4. The van der Waals surface area contributed by atoms with Crippen molar-refractivity contribution < 1.29 is 19.3 Å². The van der Waals surface area contributed by atoms with Crippen LogP contribution in [0, 0.1) is 10.1 Å². The smallest absolute Gasteiger partial charge is 0.275 e. The van der Waals surface area contributed by atoms with Crippen molar-refractivity contribution in [3.63, 3.8) is 0 Å². The van der Waals surface area contributed by atoms with Crippen molar-refractivity contribution in [1.29, 1.82) is 0 Å². The Labute approximate surface area is 119 Å². The van der Waals surface area contributed by atoms with Gasteiger partial charge in [-0.1, -0.05) is 6.07 Å². The second kappa shape index (κ2) is 4.76. The summed E-state index contributed by atoms with van der Waals surface area (Å²) in [5.74, 6) is -0.775. The lowest BCUT2D eigenvalue weighted by atomic mass is 9.92. The van der Waals surface area contributed by atoms with Crippen molar-refractivity contribution in [2.24, 2.45) is 0 Å². The van der Waals surface area contributed by atoms with E-state index in [4.69, 9.17) is 0 Å². The standard InChI is InChI=1S/C14H12N2O5/c17-8-4-5-12(13(18)6-8)15-7-10-9(14(15)19)2-1-3-11(10)16(20)21/h1-3,12H,4-7H2/t12-/m1/s1. The minimum atomic E-state index is -0.651. The number of carbonyl (C=O) groups excluding carboxylic acids is 3. The van der Waals surface area contributed by atoms with Gasteiger partial charge in [-0.05, 0) is 12.5 Å². The predicted octanol–water partition coefficient (Wildman–Crippen LogP) is 1.24. The molecular formula is C14H12N2O5. The number of hydrogen-bond donors (Lipinski definition) is 0. The molecule has 0 unspecified atom stereocenters. The van der Waals surface area contributed by atoms with Crippen LogP contribution in [0.1, 0.15) is 35.2 Å². The first-order valence-corrected chi connectivity index (χ1v) is 6.60. The van der Waals surface area contributed by atoms with E-state index in [-0.39, 0.29) is 48.1 Å². The zero-order valence-corrected chi connectivity index (χ0v) is 11.1. The van der Waals surface area contributed by atoms with E-state index < -0.39 is 11.0 Å². The molecular weight excluding hydrogens is 276 g/mol. The van der Waals surface area contributed by atoms with E-state index in [1.807, 2.05) is 0 Å². The van der Waals surface area contributed by atoms with Gasteiger partial charge >= 0.3 is 0 Å². The van der Waals surface area contributed by atoms with Gasteiger partial charge in [0.15, 0.2) is 5.78 Å². The number of carbonyl (C=O) groups is 3. The molecule has 2 aliphatic rings. The molecule has 1 saturated carbocycles. The Hall–Kier alpha value is -2.57. The molecule has 1 amide bonds. The minimum Gasteiger partial charge on any atom is -0.324 e. The molecule has 108 valence electrons. The zero-order valence-electron chi connectivity index (χ0n) is 11.1. The van der Waals surface area contributed by atoms with E-state index in [0.717, 1.165) is 0 Å². The first-order valence-electron chi connectivity index (χ1n) is 6.60. The van der Waals surface area contributed by atoms with Crippen LogP contribution in [0.3, 0.4) is 0 Å². The Morgan fingerprint density at radius 1 is 1.24 bits per heavy atom. The highest BCUT2D eigenvalue weighted by Gasteiger charge is 2.41. The highest BCUT2D eigenvalue weighted by Crippen LogP contribution is 2.33. The van der Waals surface area contributed by atoms with Gasteiger partial charge in [0.2, 0.25) is 0 Å². The Balaban J connectivity index is 1.94. The van der Waals surface area contributed by atoms with Crippen molar-refractivity contribution in [2.75, 3.05) is 0 Å². The highest BCUT2D eigenvalue weighted by atomic mass is 16.6. The Bertz CT molecular complexity index is 682. The number of amides is 1. The van der Waals surface area contributed by atoms with Crippen LogP contribution in [-0.2, 0) is 16.1 Å². The van der Waals surface area contributed by atoms with E-state index in [0.29, 0.717) is 12.0 Å². The molecule has 0 N–H and O–H groups in total. The third-order valence-electron chi connectivity index (χ3n) is 3.98. The second-order valence-electron chi connectivity index (χ2n) is 5.23. The van der Waals surface area contributed by atoms with Crippen LogP contribution in [0.4, 0.5) is 5.69 Å². The molecule has 7 nitrogen and oxygen atoms in total. The maximum Gasteiger partial charge on any atom is 0.275 e. The summed E-state index contributed by atoms with van der Waals surface area (Å²) in [6.45, 7) is 0.0515. The average molecular weight is 288 g/mol. The van der Waals surface area contributed by atoms with E-state index in [1.54, 1.807) is 0 Å². The van der Waals surface area contributed by atoms with Gasteiger partial charge in [-0.15, -0.1) is 0 Å². The second-order valence-corrected chi connectivity index (χ2v) is 5.23. The summed E-state index contributed by atoms with van der Waals surface area (Å²) in [5.41, 5.74) is 0.508. The number of Topliss-reactive ketones (excluding diaryl/α,β-unsaturated/α-hetero) is 2. The highest BCUT2D eigenvalue weighted by molar-refractivity contribution is 6.07. The molecule has 7 heteroatoms. The molecule has 1 aliphatic carbocycles. The number of ketones is 2. The molecule has 1 aromatic rings. The van der Waals surface area contributed by atoms with Gasteiger partial charge in [-0.3, -0.25) is 24.5 Å². The summed E-state index contributed by atoms with van der Waals surface area (Å²) in [5, 5.41) is 11.0. The van der Waals surface area contributed by atoms with Crippen LogP contribution in [0.15, 0.2) is 18.2 Å². The fourth-order valence-corrected chi connectivity index (χ4v) is 2.95. The van der Waals surface area contributed by atoms with Gasteiger partial charge in [0, 0.05) is 12.5 Å². The molecule has 1 aromatic carbocycles. The molecule has 0 radical (unpaired) electrons. The first kappa shape index (κ1) is 13.4. The number of benzene rings is 1. The zero-order chi connectivity index (χ0) is 15.1. The van der Waals surface area contributed by atoms with Gasteiger partial charge in [-0.25, -0.2) is 0 Å². The SMILES string of the molecule is O=C1CC[C@@H](N2Cc3c(cccc3[N+](=O)[O-])C2=O)C(=O)C1. The molecule has 0 aromatic heterocycles. The largest absolute Gasteiger partial charge is 0.324 e. The molecule has 1 fully saturated rings. The Morgan fingerprint density at radius 3 is 2.67 bits per heavy atom. The summed E-state index contributed by atoms with van der Waals surface area (Å²) in [7, 11) is 0. The topological polar surface area (TPSA) is 97.6 Å². The van der Waals surface area contributed by atoms with Crippen LogP contribution >= 0.6 is 0 Å². The average Bonchev–Trinajstić information content (AvgIpc) is 2.76. The Kier molecular flexibility index (Phi) is 3.04. The van der Waals surface area contributed by atoms with Crippen molar-refractivity contribution in [3.8, 4) is 0 Å². The molecule has 1 heterocycles. The summed E-state index contributed by atoms with van der Waals surface area (Å²) in [6.07, 6.45) is 0.400. The number of fused-ring (bicyclic) bond motifs is 1. The van der Waals surface area contributed by atoms with Crippen molar-refractivity contribution in [2.45, 2.75) is 31.8 Å². The van der Waals surface area contributed by atoms with Gasteiger partial charge in [0.25, 0.3) is 11.6 Å². The number of nitro benzene ring substituents is 1. The van der Waals surface area contributed by atoms with Gasteiger partial charge in [-0.2, -0.15) is 0 Å². The molecule has 3 rings (SSSR count). The molecule has 0 bridgehead atoms. The number of hydrogen-bond acceptors (Lipinski definition) is 5. The normalized spacial score (nSPS) is 21.6. The van der Waals surface area contributed by atoms with E-state index in [1.165, 1.54) is 23.1 Å². The van der Waals surface area contributed by atoms with Gasteiger partial charge < -0.3 is 4.90 Å². The maximum atomic E-state index is 12.4. The summed E-state index contributed by atoms with van der Waals surface area (Å²) >= 11 is 0. The minimum absolute atomic E-state index is 0.0515. The lowest BCUT2D eigenvalue weighted by Gasteiger charge is -2.28. The van der Waals surface area contributed by atoms with Crippen LogP contribution < -0.4 is 0 Å². The van der Waals surface area contributed by atoms with Crippen LogP contribution in [0.2, 0.25) is 0 Å². The lowest BCUT2D eigenvalue weighted by Crippen LogP contribution is -2.44. The summed E-state index contributed by atoms with van der Waals surface area (Å²) < 4.78 is 0. The summed E-state index contributed by atoms with van der Waals surface area (Å²) in [6, 6.07) is 3.69. The molecule has 1 aliphatic heterocycles. The molecule has 21 heavy (non-hydrogen) atoms. The monoisotopic (exact) mass is 288 g/mol. The predicted molar refractivity (Wildman–Crippen MR) is 70.6 cm³/mol. The number of nitro groups is 1. The van der Waals surface area contributed by atoms with Crippen LogP contribution in [0.25, 0.3) is 0 Å². The van der Waals surface area contributed by atoms with Gasteiger partial charge in [0.05, 0.1) is 35.1 Å².